The summed E-state index contributed by atoms with van der Waals surface area (Å²) in [6, 6.07) is 1.75. The molecule has 0 saturated heterocycles. The number of carbonyl (C=O) groups excluding carboxylic acids is 1. The second-order valence-electron chi connectivity index (χ2n) is 5.02. The maximum Gasteiger partial charge on any atom is 0.273 e. The van der Waals surface area contributed by atoms with E-state index in [0.717, 1.165) is 18.6 Å². The van der Waals surface area contributed by atoms with E-state index in [2.05, 4.69) is 15.5 Å². The van der Waals surface area contributed by atoms with Crippen LogP contribution in [0.4, 0.5) is 0 Å². The van der Waals surface area contributed by atoms with Gasteiger partial charge in [-0.25, -0.2) is 4.98 Å². The van der Waals surface area contributed by atoms with Crippen LogP contribution < -0.4 is 5.32 Å². The van der Waals surface area contributed by atoms with Crippen molar-refractivity contribution in [1.29, 1.82) is 0 Å². The molecule has 19 heavy (non-hydrogen) atoms. The SMILES string of the molecule is CC(Cn1ccnc1)NC(=O)c1cc(C2CC2)on1. The number of nitrogens with zero attached hydrogens (tertiary/aromatic N) is 3. The second-order valence-corrected chi connectivity index (χ2v) is 5.02. The van der Waals surface area contributed by atoms with E-state index in [1.807, 2.05) is 17.7 Å². The van der Waals surface area contributed by atoms with Crippen LogP contribution in [0.25, 0.3) is 0 Å². The van der Waals surface area contributed by atoms with Gasteiger partial charge in [0.25, 0.3) is 5.91 Å². The van der Waals surface area contributed by atoms with Crippen molar-refractivity contribution in [2.45, 2.75) is 38.3 Å². The lowest BCUT2D eigenvalue weighted by Crippen LogP contribution is -2.35. The van der Waals surface area contributed by atoms with Gasteiger partial charge in [-0.15, -0.1) is 0 Å². The van der Waals surface area contributed by atoms with Crippen LogP contribution >= 0.6 is 0 Å². The third kappa shape index (κ3) is 2.83. The maximum atomic E-state index is 12.0. The van der Waals surface area contributed by atoms with Gasteiger partial charge in [0.15, 0.2) is 5.69 Å². The Hall–Kier alpha value is -2.11. The fraction of sp³-hybridized carbons (Fsp3) is 0.462. The summed E-state index contributed by atoms with van der Waals surface area (Å²) in [7, 11) is 0. The summed E-state index contributed by atoms with van der Waals surface area (Å²) in [4.78, 5) is 15.9. The van der Waals surface area contributed by atoms with E-state index in [4.69, 9.17) is 4.52 Å². The number of imidazole rings is 1. The summed E-state index contributed by atoms with van der Waals surface area (Å²) in [5.41, 5.74) is 0.361. The molecule has 1 aliphatic carbocycles. The molecule has 0 aromatic carbocycles. The van der Waals surface area contributed by atoms with Gasteiger partial charge in [-0.05, 0) is 19.8 Å². The van der Waals surface area contributed by atoms with Gasteiger partial charge in [0.05, 0.1) is 6.33 Å². The minimum absolute atomic E-state index is 0.00257. The number of aromatic nitrogens is 3. The van der Waals surface area contributed by atoms with Gasteiger partial charge in [-0.1, -0.05) is 5.16 Å². The Bertz CT molecular complexity index is 557. The van der Waals surface area contributed by atoms with E-state index in [1.54, 1.807) is 18.6 Å². The van der Waals surface area contributed by atoms with Crippen LogP contribution in [0.5, 0.6) is 0 Å². The Kier molecular flexibility index (Phi) is 3.06. The third-order valence-electron chi connectivity index (χ3n) is 3.16. The molecule has 3 rings (SSSR count). The van der Waals surface area contributed by atoms with Gasteiger partial charge in [-0.2, -0.15) is 0 Å². The molecule has 0 radical (unpaired) electrons. The average Bonchev–Trinajstić information content (AvgIpc) is 2.91. The number of nitrogens with one attached hydrogen (secondary N) is 1. The number of rotatable bonds is 5. The molecule has 0 spiro atoms. The van der Waals surface area contributed by atoms with Crippen LogP contribution in [0.2, 0.25) is 0 Å². The van der Waals surface area contributed by atoms with Crippen molar-refractivity contribution in [2.24, 2.45) is 0 Å². The van der Waals surface area contributed by atoms with Gasteiger partial charge in [0, 0.05) is 37.0 Å². The Labute approximate surface area is 110 Å². The van der Waals surface area contributed by atoms with Crippen LogP contribution in [0.3, 0.4) is 0 Å². The molecular formula is C13H16N4O2. The van der Waals surface area contributed by atoms with Gasteiger partial charge in [0.1, 0.15) is 5.76 Å². The molecule has 0 bridgehead atoms. The highest BCUT2D eigenvalue weighted by Crippen LogP contribution is 2.40. The molecule has 1 fully saturated rings. The van der Waals surface area contributed by atoms with Crippen LogP contribution in [0.15, 0.2) is 29.3 Å². The van der Waals surface area contributed by atoms with Crippen molar-refractivity contribution in [2.75, 3.05) is 0 Å². The summed E-state index contributed by atoms with van der Waals surface area (Å²) in [5, 5.41) is 6.72. The van der Waals surface area contributed by atoms with Crippen LogP contribution in [-0.2, 0) is 6.54 Å². The van der Waals surface area contributed by atoms with Crippen molar-refractivity contribution >= 4 is 5.91 Å². The van der Waals surface area contributed by atoms with Gasteiger partial charge in [-0.3, -0.25) is 4.79 Å². The van der Waals surface area contributed by atoms with Crippen LogP contribution in [0, 0.1) is 0 Å². The van der Waals surface area contributed by atoms with Crippen molar-refractivity contribution in [3.8, 4) is 0 Å². The topological polar surface area (TPSA) is 73.0 Å². The van der Waals surface area contributed by atoms with Gasteiger partial charge >= 0.3 is 0 Å². The lowest BCUT2D eigenvalue weighted by atomic mass is 10.2. The van der Waals surface area contributed by atoms with Crippen molar-refractivity contribution in [3.63, 3.8) is 0 Å². The molecule has 1 saturated carbocycles. The van der Waals surface area contributed by atoms with Crippen molar-refractivity contribution < 1.29 is 9.32 Å². The molecule has 1 amide bonds. The zero-order valence-corrected chi connectivity index (χ0v) is 10.7. The molecule has 100 valence electrons. The minimum atomic E-state index is -0.191. The Morgan fingerprint density at radius 3 is 3.16 bits per heavy atom. The number of carbonyl (C=O) groups is 1. The smallest absolute Gasteiger partial charge is 0.273 e. The maximum absolute atomic E-state index is 12.0. The lowest BCUT2D eigenvalue weighted by molar-refractivity contribution is 0.0927. The third-order valence-corrected chi connectivity index (χ3v) is 3.16. The molecule has 1 atom stereocenters. The standard InChI is InChI=1S/C13H16N4O2/c1-9(7-17-5-4-14-8-17)15-13(18)11-6-12(19-16-11)10-2-3-10/h4-6,8-10H,2-3,7H2,1H3,(H,15,18). The summed E-state index contributed by atoms with van der Waals surface area (Å²) in [6.07, 6.45) is 7.57. The predicted octanol–water partition coefficient (Wildman–Crippen LogP) is 1.57. The second kappa shape index (κ2) is 4.87. The summed E-state index contributed by atoms with van der Waals surface area (Å²) < 4.78 is 7.09. The Morgan fingerprint density at radius 1 is 1.63 bits per heavy atom. The number of hydrogen-bond acceptors (Lipinski definition) is 4. The molecule has 6 heteroatoms. The first-order valence-corrected chi connectivity index (χ1v) is 6.45. The molecule has 1 aliphatic rings. The molecule has 1 N–H and O–H groups in total. The normalized spacial score (nSPS) is 16.3. The zero-order chi connectivity index (χ0) is 13.2. The summed E-state index contributed by atoms with van der Waals surface area (Å²) in [6.45, 7) is 2.62. The molecule has 0 aliphatic heterocycles. The molecule has 1 unspecified atom stereocenters. The summed E-state index contributed by atoms with van der Waals surface area (Å²) >= 11 is 0. The molecule has 6 nitrogen and oxygen atoms in total. The van der Waals surface area contributed by atoms with E-state index in [9.17, 15) is 4.79 Å². The lowest BCUT2D eigenvalue weighted by Gasteiger charge is -2.13. The first-order chi connectivity index (χ1) is 9.22. The van der Waals surface area contributed by atoms with E-state index < -0.39 is 0 Å². The minimum Gasteiger partial charge on any atom is -0.360 e. The fourth-order valence-electron chi connectivity index (χ4n) is 2.01. The first-order valence-electron chi connectivity index (χ1n) is 6.45. The van der Waals surface area contributed by atoms with Crippen molar-refractivity contribution in [1.82, 2.24) is 20.0 Å². The quantitative estimate of drug-likeness (QED) is 0.885. The number of hydrogen-bond donors (Lipinski definition) is 1. The van der Waals surface area contributed by atoms with E-state index >= 15 is 0 Å². The zero-order valence-electron chi connectivity index (χ0n) is 10.7. The van der Waals surface area contributed by atoms with Crippen LogP contribution in [-0.4, -0.2) is 26.7 Å². The van der Waals surface area contributed by atoms with Crippen LogP contribution in [0.1, 0.15) is 41.9 Å². The Balaban J connectivity index is 1.57. The highest BCUT2D eigenvalue weighted by Gasteiger charge is 2.29. The average molecular weight is 260 g/mol. The summed E-state index contributed by atoms with van der Waals surface area (Å²) in [5.74, 6) is 1.10. The van der Waals surface area contributed by atoms with Gasteiger partial charge in [0.2, 0.25) is 0 Å². The van der Waals surface area contributed by atoms with E-state index in [-0.39, 0.29) is 11.9 Å². The predicted molar refractivity (Wildman–Crippen MR) is 67.6 cm³/mol. The first kappa shape index (κ1) is 12.0. The van der Waals surface area contributed by atoms with Crippen molar-refractivity contribution in [3.05, 3.63) is 36.2 Å². The highest BCUT2D eigenvalue weighted by atomic mass is 16.5. The largest absolute Gasteiger partial charge is 0.360 e. The van der Waals surface area contributed by atoms with E-state index in [1.165, 1.54) is 0 Å². The highest BCUT2D eigenvalue weighted by molar-refractivity contribution is 5.92. The Morgan fingerprint density at radius 2 is 2.47 bits per heavy atom. The molecular weight excluding hydrogens is 244 g/mol. The molecule has 2 aromatic rings. The van der Waals surface area contributed by atoms with E-state index in [0.29, 0.717) is 18.2 Å². The fourth-order valence-corrected chi connectivity index (χ4v) is 2.01. The molecule has 2 heterocycles. The van der Waals surface area contributed by atoms with Gasteiger partial charge < -0.3 is 14.4 Å². The molecule has 2 aromatic heterocycles. The monoisotopic (exact) mass is 260 g/mol. The number of amides is 1.